The summed E-state index contributed by atoms with van der Waals surface area (Å²) in [7, 11) is 4.13. The molecular formula is C28H23N5O10. The van der Waals surface area contributed by atoms with Crippen molar-refractivity contribution in [2.45, 2.75) is 7.43 Å². The molecule has 0 spiro atoms. The largest absolute Gasteiger partial charge is 0.282 e. The quantitative estimate of drug-likeness (QED) is 0.243. The highest BCUT2D eigenvalue weighted by Crippen LogP contribution is 2.29. The molecule has 3 aliphatic rings. The second kappa shape index (κ2) is 11.8. The van der Waals surface area contributed by atoms with E-state index in [4.69, 9.17) is 0 Å². The number of hydrogen-bond donors (Lipinski definition) is 0. The second-order valence-corrected chi connectivity index (χ2v) is 9.00. The molecule has 43 heavy (non-hydrogen) atoms. The van der Waals surface area contributed by atoms with E-state index >= 15 is 0 Å². The molecule has 3 heterocycles. The SMILES string of the molecule is C.CN1C(=O)c2ccc([N+](=O)[O-])cc2C1=O.CN1C(=O)c2cccc([N+](=O)[O-])c2C1=O.CN1C(=O)c2ccccc2C1=O. The highest BCUT2D eigenvalue weighted by Gasteiger charge is 2.38. The van der Waals surface area contributed by atoms with Crippen molar-refractivity contribution in [3.63, 3.8) is 0 Å². The molecule has 0 radical (unpaired) electrons. The molecule has 220 valence electrons. The van der Waals surface area contributed by atoms with Gasteiger partial charge in [0.25, 0.3) is 46.8 Å². The van der Waals surface area contributed by atoms with E-state index in [-0.39, 0.29) is 52.9 Å². The molecule has 3 aliphatic heterocycles. The smallest absolute Gasteiger partial charge is 0.277 e. The van der Waals surface area contributed by atoms with Crippen LogP contribution in [0.1, 0.15) is 69.6 Å². The highest BCUT2D eigenvalue weighted by molar-refractivity contribution is 6.23. The van der Waals surface area contributed by atoms with Crippen LogP contribution in [0, 0.1) is 20.2 Å². The monoisotopic (exact) mass is 589 g/mol. The minimum Gasteiger partial charge on any atom is -0.277 e. The van der Waals surface area contributed by atoms with Gasteiger partial charge in [-0.1, -0.05) is 25.6 Å². The van der Waals surface area contributed by atoms with E-state index < -0.39 is 33.5 Å². The maximum absolute atomic E-state index is 11.5. The third-order valence-corrected chi connectivity index (χ3v) is 6.57. The zero-order valence-electron chi connectivity index (χ0n) is 22.1. The number of imide groups is 3. The van der Waals surface area contributed by atoms with Crippen LogP contribution >= 0.6 is 0 Å². The molecule has 0 aliphatic carbocycles. The molecule has 6 rings (SSSR count). The molecule has 3 aromatic rings. The first-order valence-electron chi connectivity index (χ1n) is 11.9. The van der Waals surface area contributed by atoms with Crippen LogP contribution in [-0.2, 0) is 0 Å². The summed E-state index contributed by atoms with van der Waals surface area (Å²) < 4.78 is 0. The van der Waals surface area contributed by atoms with E-state index in [0.717, 1.165) is 20.8 Å². The number of non-ortho nitro benzene ring substituents is 1. The molecule has 0 N–H and O–H groups in total. The van der Waals surface area contributed by atoms with Gasteiger partial charge in [0.2, 0.25) is 0 Å². The first-order chi connectivity index (χ1) is 19.8. The van der Waals surface area contributed by atoms with E-state index in [1.54, 1.807) is 24.3 Å². The Balaban J connectivity index is 0.000000176. The van der Waals surface area contributed by atoms with Gasteiger partial charge in [0.1, 0.15) is 5.56 Å². The lowest BCUT2D eigenvalue weighted by Crippen LogP contribution is -2.24. The van der Waals surface area contributed by atoms with Gasteiger partial charge in [0.15, 0.2) is 0 Å². The lowest BCUT2D eigenvalue weighted by molar-refractivity contribution is -0.385. The first kappa shape index (κ1) is 31.4. The average molecular weight is 590 g/mol. The predicted octanol–water partition coefficient (Wildman–Crippen LogP) is 3.19. The van der Waals surface area contributed by atoms with Gasteiger partial charge in [-0.2, -0.15) is 0 Å². The van der Waals surface area contributed by atoms with E-state index in [9.17, 15) is 49.0 Å². The number of carbonyl (C=O) groups is 6. The van der Waals surface area contributed by atoms with Gasteiger partial charge in [-0.05, 0) is 24.3 Å². The van der Waals surface area contributed by atoms with Crippen LogP contribution in [0.3, 0.4) is 0 Å². The van der Waals surface area contributed by atoms with Crippen molar-refractivity contribution in [1.82, 2.24) is 14.7 Å². The third kappa shape index (κ3) is 5.33. The summed E-state index contributed by atoms with van der Waals surface area (Å²) in [6.45, 7) is 0. The normalized spacial score (nSPS) is 14.3. The molecule has 0 saturated heterocycles. The summed E-state index contributed by atoms with van der Waals surface area (Å²) in [6, 6.07) is 14.5. The van der Waals surface area contributed by atoms with Crippen molar-refractivity contribution in [2.24, 2.45) is 0 Å². The van der Waals surface area contributed by atoms with Gasteiger partial charge in [-0.25, -0.2) is 0 Å². The van der Waals surface area contributed by atoms with Crippen LogP contribution in [0.5, 0.6) is 0 Å². The maximum Gasteiger partial charge on any atom is 0.282 e. The van der Waals surface area contributed by atoms with Gasteiger partial charge >= 0.3 is 0 Å². The number of carbonyl (C=O) groups excluding carboxylic acids is 6. The Morgan fingerprint density at radius 3 is 1.42 bits per heavy atom. The molecule has 0 unspecified atom stereocenters. The number of benzene rings is 3. The molecule has 6 amide bonds. The molecule has 0 aromatic heterocycles. The predicted molar refractivity (Wildman–Crippen MR) is 149 cm³/mol. The number of rotatable bonds is 2. The third-order valence-electron chi connectivity index (χ3n) is 6.57. The minimum absolute atomic E-state index is 0. The molecule has 0 bridgehead atoms. The maximum atomic E-state index is 11.5. The molecule has 15 nitrogen and oxygen atoms in total. The van der Waals surface area contributed by atoms with E-state index in [2.05, 4.69) is 0 Å². The van der Waals surface area contributed by atoms with Gasteiger partial charge in [-0.3, -0.25) is 63.7 Å². The standard InChI is InChI=1S/2C9H6N2O4.C9H7NO2.CH4/c1-10-8(12)6-3-2-5(11(14)15)4-7(6)9(10)13;1-10-8(12)5-3-2-4-6(11(14)15)7(5)9(10)13;1-10-8(11)6-4-2-3-5-7(6)9(10)12;/h2*2-4H,1H3;2-5H,1H3;1H4. The number of nitrogens with zero attached hydrogens (tertiary/aromatic N) is 5. The summed E-state index contributed by atoms with van der Waals surface area (Å²) in [6.07, 6.45) is 0. The lowest BCUT2D eigenvalue weighted by atomic mass is 10.1. The van der Waals surface area contributed by atoms with Crippen LogP contribution in [0.25, 0.3) is 0 Å². The fraction of sp³-hybridized carbons (Fsp3) is 0.143. The number of nitro groups is 2. The summed E-state index contributed by atoms with van der Waals surface area (Å²) >= 11 is 0. The first-order valence-corrected chi connectivity index (χ1v) is 11.9. The van der Waals surface area contributed by atoms with Gasteiger partial charge < -0.3 is 0 Å². The highest BCUT2D eigenvalue weighted by atomic mass is 16.6. The summed E-state index contributed by atoms with van der Waals surface area (Å²) in [5.41, 5.74) is 0.784. The molecule has 3 aromatic carbocycles. The van der Waals surface area contributed by atoms with Crippen LogP contribution in [0.15, 0.2) is 60.7 Å². The molecule has 0 saturated carbocycles. The Morgan fingerprint density at radius 2 is 0.930 bits per heavy atom. The van der Waals surface area contributed by atoms with E-state index in [1.807, 2.05) is 0 Å². The van der Waals surface area contributed by atoms with Crippen LogP contribution in [-0.4, -0.2) is 81.1 Å². The van der Waals surface area contributed by atoms with Crippen molar-refractivity contribution >= 4 is 46.8 Å². The zero-order chi connectivity index (χ0) is 31.0. The van der Waals surface area contributed by atoms with Crippen LogP contribution in [0.2, 0.25) is 0 Å². The lowest BCUT2D eigenvalue weighted by Gasteiger charge is -2.02. The van der Waals surface area contributed by atoms with E-state index in [1.165, 1.54) is 51.5 Å². The minimum atomic E-state index is -0.664. The fourth-order valence-corrected chi connectivity index (χ4v) is 4.31. The van der Waals surface area contributed by atoms with Crippen LogP contribution < -0.4 is 0 Å². The number of amides is 6. The van der Waals surface area contributed by atoms with Crippen molar-refractivity contribution in [1.29, 1.82) is 0 Å². The summed E-state index contributed by atoms with van der Waals surface area (Å²) in [4.78, 5) is 91.3. The number of fused-ring (bicyclic) bond motifs is 3. The van der Waals surface area contributed by atoms with Crippen molar-refractivity contribution < 1.29 is 38.6 Å². The Bertz CT molecular complexity index is 1730. The van der Waals surface area contributed by atoms with Crippen molar-refractivity contribution in [2.75, 3.05) is 21.1 Å². The summed E-state index contributed by atoms with van der Waals surface area (Å²) in [5, 5.41) is 21.1. The number of hydrogen-bond acceptors (Lipinski definition) is 10. The molecule has 15 heteroatoms. The number of nitro benzene ring substituents is 2. The fourth-order valence-electron chi connectivity index (χ4n) is 4.31. The Kier molecular flexibility index (Phi) is 8.60. The van der Waals surface area contributed by atoms with E-state index in [0.29, 0.717) is 11.1 Å². The Labute approximate surface area is 243 Å². The van der Waals surface area contributed by atoms with Gasteiger partial charge in [0.05, 0.1) is 37.7 Å². The second-order valence-electron chi connectivity index (χ2n) is 9.00. The van der Waals surface area contributed by atoms with Gasteiger partial charge in [-0.15, -0.1) is 0 Å². The topological polar surface area (TPSA) is 198 Å². The Hall–Kier alpha value is -6.12. The van der Waals surface area contributed by atoms with Crippen molar-refractivity contribution in [3.8, 4) is 0 Å². The van der Waals surface area contributed by atoms with Crippen molar-refractivity contribution in [3.05, 3.63) is 114 Å². The molecular weight excluding hydrogens is 566 g/mol. The van der Waals surface area contributed by atoms with Gasteiger partial charge in [0, 0.05) is 39.3 Å². The average Bonchev–Trinajstić information content (AvgIpc) is 3.45. The Morgan fingerprint density at radius 1 is 0.512 bits per heavy atom. The molecule has 0 atom stereocenters. The summed E-state index contributed by atoms with van der Waals surface area (Å²) in [5.74, 6) is -2.48. The van der Waals surface area contributed by atoms with Crippen LogP contribution in [0.4, 0.5) is 11.4 Å². The molecule has 0 fully saturated rings. The zero-order valence-corrected chi connectivity index (χ0v) is 22.1.